The first kappa shape index (κ1) is 12.2. The Morgan fingerprint density at radius 1 is 1.33 bits per heavy atom. The number of hydrogen-bond donors (Lipinski definition) is 1. The van der Waals surface area contributed by atoms with Crippen molar-refractivity contribution < 1.29 is 4.74 Å². The Bertz CT molecular complexity index is 361. The molecular formula is C12H18ClNO. The van der Waals surface area contributed by atoms with Gasteiger partial charge in [-0.1, -0.05) is 11.6 Å². The Hall–Kier alpha value is -0.890. The lowest BCUT2D eigenvalue weighted by Gasteiger charge is -2.18. The summed E-state index contributed by atoms with van der Waals surface area (Å²) in [5.74, 6) is 0.850. The number of rotatable bonds is 3. The number of aryl methyl sites for hydroxylation is 1. The summed E-state index contributed by atoms with van der Waals surface area (Å²) in [5, 5.41) is 4.16. The molecule has 2 nitrogen and oxygen atoms in total. The van der Waals surface area contributed by atoms with Gasteiger partial charge in [0.05, 0.1) is 12.8 Å². The van der Waals surface area contributed by atoms with Crippen LogP contribution in [0.2, 0.25) is 5.02 Å². The fourth-order valence-electron chi connectivity index (χ4n) is 1.55. The zero-order valence-electron chi connectivity index (χ0n) is 9.94. The lowest BCUT2D eigenvalue weighted by molar-refractivity contribution is 0.415. The summed E-state index contributed by atoms with van der Waals surface area (Å²) in [5.41, 5.74) is 3.07. The zero-order chi connectivity index (χ0) is 11.6. The van der Waals surface area contributed by atoms with Crippen molar-refractivity contribution in [3.63, 3.8) is 0 Å². The Labute approximate surface area is 96.6 Å². The quantitative estimate of drug-likeness (QED) is 0.849. The zero-order valence-corrected chi connectivity index (χ0v) is 10.7. The van der Waals surface area contributed by atoms with Crippen molar-refractivity contribution in [1.82, 2.24) is 0 Å². The van der Waals surface area contributed by atoms with Crippen LogP contribution < -0.4 is 10.1 Å². The Morgan fingerprint density at radius 2 is 1.93 bits per heavy atom. The summed E-state index contributed by atoms with van der Waals surface area (Å²) in [4.78, 5) is 0. The van der Waals surface area contributed by atoms with Crippen molar-refractivity contribution in [2.75, 3.05) is 12.4 Å². The number of ether oxygens (including phenoxy) is 1. The van der Waals surface area contributed by atoms with Crippen LogP contribution in [0.4, 0.5) is 5.69 Å². The number of hydrogen-bond acceptors (Lipinski definition) is 2. The maximum Gasteiger partial charge on any atom is 0.142 e. The third kappa shape index (κ3) is 2.57. The van der Waals surface area contributed by atoms with E-state index in [9.17, 15) is 0 Å². The smallest absolute Gasteiger partial charge is 0.142 e. The number of methoxy groups -OCH3 is 1. The Balaban J connectivity index is 3.27. The van der Waals surface area contributed by atoms with E-state index in [0.717, 1.165) is 27.6 Å². The molecule has 0 saturated heterocycles. The average molecular weight is 228 g/mol. The van der Waals surface area contributed by atoms with E-state index in [1.165, 1.54) is 0 Å². The predicted octanol–water partition coefficient (Wildman–Crippen LogP) is 3.79. The second-order valence-electron chi connectivity index (χ2n) is 4.01. The third-order valence-electron chi connectivity index (χ3n) is 2.30. The van der Waals surface area contributed by atoms with Gasteiger partial charge in [0.15, 0.2) is 0 Å². The monoisotopic (exact) mass is 227 g/mol. The van der Waals surface area contributed by atoms with Crippen LogP contribution in [0.1, 0.15) is 25.0 Å². The molecule has 0 radical (unpaired) electrons. The van der Waals surface area contributed by atoms with Crippen molar-refractivity contribution in [2.45, 2.75) is 33.7 Å². The maximum absolute atomic E-state index is 6.20. The van der Waals surface area contributed by atoms with Crippen LogP contribution in [0, 0.1) is 13.8 Å². The molecule has 0 atom stereocenters. The van der Waals surface area contributed by atoms with Crippen LogP contribution in [0.5, 0.6) is 5.75 Å². The van der Waals surface area contributed by atoms with Gasteiger partial charge in [0.2, 0.25) is 0 Å². The fraction of sp³-hybridized carbons (Fsp3) is 0.500. The SMILES string of the molecule is COc1cc(C)c(Cl)c(C)c1NC(C)C. The normalized spacial score (nSPS) is 10.6. The molecule has 1 rings (SSSR count). The molecule has 0 aromatic heterocycles. The van der Waals surface area contributed by atoms with E-state index >= 15 is 0 Å². The summed E-state index contributed by atoms with van der Waals surface area (Å²) in [6, 6.07) is 2.32. The summed E-state index contributed by atoms with van der Waals surface area (Å²) < 4.78 is 5.34. The number of nitrogens with one attached hydrogen (secondary N) is 1. The van der Waals surface area contributed by atoms with Gasteiger partial charge in [0.25, 0.3) is 0 Å². The lowest BCUT2D eigenvalue weighted by Crippen LogP contribution is -2.12. The van der Waals surface area contributed by atoms with Gasteiger partial charge < -0.3 is 10.1 Å². The number of benzene rings is 1. The minimum absolute atomic E-state index is 0.358. The molecule has 84 valence electrons. The molecular weight excluding hydrogens is 210 g/mol. The van der Waals surface area contributed by atoms with E-state index in [4.69, 9.17) is 16.3 Å². The highest BCUT2D eigenvalue weighted by molar-refractivity contribution is 6.32. The summed E-state index contributed by atoms with van der Waals surface area (Å²) >= 11 is 6.20. The molecule has 15 heavy (non-hydrogen) atoms. The van der Waals surface area contributed by atoms with Gasteiger partial charge in [0, 0.05) is 11.1 Å². The molecule has 1 aromatic carbocycles. The van der Waals surface area contributed by atoms with Gasteiger partial charge in [-0.05, 0) is 44.9 Å². The van der Waals surface area contributed by atoms with Crippen LogP contribution >= 0.6 is 11.6 Å². The molecule has 0 fully saturated rings. The maximum atomic E-state index is 6.20. The fourth-order valence-corrected chi connectivity index (χ4v) is 1.70. The highest BCUT2D eigenvalue weighted by Crippen LogP contribution is 2.36. The molecule has 3 heteroatoms. The van der Waals surface area contributed by atoms with Crippen LogP contribution in [0.25, 0.3) is 0 Å². The lowest BCUT2D eigenvalue weighted by atomic mass is 10.1. The number of anilines is 1. The number of halogens is 1. The third-order valence-corrected chi connectivity index (χ3v) is 2.88. The molecule has 1 aromatic rings. The predicted molar refractivity (Wildman–Crippen MR) is 66.2 cm³/mol. The van der Waals surface area contributed by atoms with Crippen LogP contribution in [0.15, 0.2) is 6.07 Å². The first-order valence-electron chi connectivity index (χ1n) is 5.07. The van der Waals surface area contributed by atoms with E-state index in [0.29, 0.717) is 6.04 Å². The van der Waals surface area contributed by atoms with E-state index in [1.54, 1.807) is 7.11 Å². The topological polar surface area (TPSA) is 21.3 Å². The molecule has 0 aliphatic carbocycles. The highest BCUT2D eigenvalue weighted by Gasteiger charge is 2.12. The van der Waals surface area contributed by atoms with Gasteiger partial charge >= 0.3 is 0 Å². The molecule has 0 aliphatic rings. The minimum Gasteiger partial charge on any atom is -0.495 e. The van der Waals surface area contributed by atoms with Gasteiger partial charge in [0.1, 0.15) is 5.75 Å². The van der Waals surface area contributed by atoms with Gasteiger partial charge in [-0.2, -0.15) is 0 Å². The second-order valence-corrected chi connectivity index (χ2v) is 4.39. The summed E-state index contributed by atoms with van der Waals surface area (Å²) in [7, 11) is 1.67. The van der Waals surface area contributed by atoms with E-state index < -0.39 is 0 Å². The van der Waals surface area contributed by atoms with E-state index in [-0.39, 0.29) is 0 Å². The van der Waals surface area contributed by atoms with E-state index in [1.807, 2.05) is 19.9 Å². The van der Waals surface area contributed by atoms with Gasteiger partial charge in [-0.3, -0.25) is 0 Å². The van der Waals surface area contributed by atoms with Crippen molar-refractivity contribution >= 4 is 17.3 Å². The van der Waals surface area contributed by atoms with Gasteiger partial charge in [-0.25, -0.2) is 0 Å². The first-order valence-corrected chi connectivity index (χ1v) is 5.45. The van der Waals surface area contributed by atoms with Crippen molar-refractivity contribution in [3.05, 3.63) is 22.2 Å². The van der Waals surface area contributed by atoms with Crippen molar-refractivity contribution in [2.24, 2.45) is 0 Å². The average Bonchev–Trinajstić information content (AvgIpc) is 2.18. The van der Waals surface area contributed by atoms with Crippen LogP contribution in [-0.4, -0.2) is 13.2 Å². The van der Waals surface area contributed by atoms with Crippen molar-refractivity contribution in [3.8, 4) is 5.75 Å². The minimum atomic E-state index is 0.358. The Kier molecular flexibility index (Phi) is 3.86. The van der Waals surface area contributed by atoms with Crippen LogP contribution in [-0.2, 0) is 0 Å². The molecule has 0 spiro atoms. The largest absolute Gasteiger partial charge is 0.495 e. The molecule has 0 unspecified atom stereocenters. The van der Waals surface area contributed by atoms with Gasteiger partial charge in [-0.15, -0.1) is 0 Å². The van der Waals surface area contributed by atoms with E-state index in [2.05, 4.69) is 19.2 Å². The summed E-state index contributed by atoms with van der Waals surface area (Å²) in [6.45, 7) is 8.17. The second kappa shape index (κ2) is 4.75. The molecule has 0 bridgehead atoms. The molecule has 1 N–H and O–H groups in total. The first-order chi connectivity index (χ1) is 6.97. The Morgan fingerprint density at radius 3 is 2.40 bits per heavy atom. The highest BCUT2D eigenvalue weighted by atomic mass is 35.5. The molecule has 0 heterocycles. The standard InChI is InChI=1S/C12H18ClNO/c1-7(2)14-12-9(4)11(13)8(3)6-10(12)15-5/h6-7,14H,1-5H3. The molecule has 0 aliphatic heterocycles. The van der Waals surface area contributed by atoms with Crippen LogP contribution in [0.3, 0.4) is 0 Å². The summed E-state index contributed by atoms with van der Waals surface area (Å²) in [6.07, 6.45) is 0. The molecule has 0 amide bonds. The van der Waals surface area contributed by atoms with Crippen molar-refractivity contribution in [1.29, 1.82) is 0 Å². The molecule has 0 saturated carbocycles.